The van der Waals surface area contributed by atoms with Gasteiger partial charge in [-0.15, -0.1) is 0 Å². The second-order valence-corrected chi connectivity index (χ2v) is 4.82. The van der Waals surface area contributed by atoms with E-state index in [0.717, 1.165) is 4.47 Å². The van der Waals surface area contributed by atoms with E-state index in [1.807, 2.05) is 24.3 Å². The minimum Gasteiger partial charge on any atom is -0.379 e. The highest BCUT2D eigenvalue weighted by atomic mass is 79.9. The van der Waals surface area contributed by atoms with Crippen LogP contribution in [0.4, 0.5) is 10.1 Å². The monoisotopic (exact) mass is 293 g/mol. The van der Waals surface area contributed by atoms with E-state index < -0.39 is 0 Å². The van der Waals surface area contributed by atoms with Gasteiger partial charge in [-0.2, -0.15) is 0 Å². The van der Waals surface area contributed by atoms with E-state index in [1.54, 1.807) is 6.07 Å². The number of nitrogens with one attached hydrogen (secondary N) is 1. The van der Waals surface area contributed by atoms with Crippen LogP contribution in [0.25, 0.3) is 0 Å². The molecule has 0 radical (unpaired) electrons. The first-order valence-corrected chi connectivity index (χ1v) is 6.19. The third-order valence-corrected chi connectivity index (χ3v) is 3.15. The van der Waals surface area contributed by atoms with Crippen molar-refractivity contribution in [3.63, 3.8) is 0 Å². The molecule has 0 unspecified atom stereocenters. The molecule has 1 N–H and O–H groups in total. The zero-order chi connectivity index (χ0) is 12.3. The minimum absolute atomic E-state index is 0.243. The number of rotatable bonds is 3. The molecule has 0 aliphatic heterocycles. The fraction of sp³-hybridized carbons (Fsp3) is 0.143. The number of aryl methyl sites for hydroxylation is 1. The second kappa shape index (κ2) is 5.32. The third-order valence-electron chi connectivity index (χ3n) is 2.66. The fourth-order valence-electron chi connectivity index (χ4n) is 1.63. The molecule has 2 aromatic rings. The van der Waals surface area contributed by atoms with Gasteiger partial charge >= 0.3 is 0 Å². The van der Waals surface area contributed by atoms with Crippen LogP contribution in [0, 0.1) is 12.7 Å². The van der Waals surface area contributed by atoms with Crippen LogP contribution in [0.2, 0.25) is 0 Å². The summed E-state index contributed by atoms with van der Waals surface area (Å²) in [6.45, 7) is 2.68. The number of anilines is 1. The Morgan fingerprint density at radius 2 is 1.94 bits per heavy atom. The smallest absolute Gasteiger partial charge is 0.147 e. The molecule has 88 valence electrons. The molecule has 0 fully saturated rings. The van der Waals surface area contributed by atoms with Crippen LogP contribution in [0.3, 0.4) is 0 Å². The molecule has 0 bridgehead atoms. The maximum Gasteiger partial charge on any atom is 0.147 e. The molecule has 0 aliphatic rings. The average molecular weight is 294 g/mol. The lowest BCUT2D eigenvalue weighted by Crippen LogP contribution is -2.02. The Labute approximate surface area is 109 Å². The summed E-state index contributed by atoms with van der Waals surface area (Å²) in [5.41, 5.74) is 2.91. The Kier molecular flexibility index (Phi) is 3.79. The van der Waals surface area contributed by atoms with Crippen molar-refractivity contribution in [2.45, 2.75) is 13.5 Å². The lowest BCUT2D eigenvalue weighted by atomic mass is 10.1. The van der Waals surface area contributed by atoms with Crippen molar-refractivity contribution in [1.82, 2.24) is 0 Å². The highest BCUT2D eigenvalue weighted by Crippen LogP contribution is 2.20. The van der Waals surface area contributed by atoms with Gasteiger partial charge in [0, 0.05) is 11.0 Å². The first kappa shape index (κ1) is 12.1. The summed E-state index contributed by atoms with van der Waals surface area (Å²) in [5, 5.41) is 3.10. The van der Waals surface area contributed by atoms with E-state index in [4.69, 9.17) is 0 Å². The van der Waals surface area contributed by atoms with Crippen LogP contribution in [0.15, 0.2) is 46.9 Å². The zero-order valence-electron chi connectivity index (χ0n) is 9.50. The quantitative estimate of drug-likeness (QED) is 0.878. The molecular formula is C14H13BrFN. The number of halogens is 2. The summed E-state index contributed by atoms with van der Waals surface area (Å²) in [4.78, 5) is 0. The third kappa shape index (κ3) is 3.07. The topological polar surface area (TPSA) is 12.0 Å². The Hall–Kier alpha value is -1.35. The van der Waals surface area contributed by atoms with Gasteiger partial charge in [0.15, 0.2) is 0 Å². The molecule has 3 heteroatoms. The van der Waals surface area contributed by atoms with Crippen molar-refractivity contribution >= 4 is 21.6 Å². The van der Waals surface area contributed by atoms with E-state index in [9.17, 15) is 4.39 Å². The normalized spacial score (nSPS) is 10.3. The van der Waals surface area contributed by atoms with Crippen molar-refractivity contribution in [2.75, 3.05) is 5.32 Å². The Bertz CT molecular complexity index is 525. The van der Waals surface area contributed by atoms with Crippen LogP contribution in [-0.4, -0.2) is 0 Å². The summed E-state index contributed by atoms with van der Waals surface area (Å²) < 4.78 is 14.3. The zero-order valence-corrected chi connectivity index (χ0v) is 11.1. The molecule has 2 rings (SSSR count). The van der Waals surface area contributed by atoms with Gasteiger partial charge in [-0.1, -0.05) is 40.2 Å². The molecule has 0 saturated heterocycles. The van der Waals surface area contributed by atoms with Crippen molar-refractivity contribution < 1.29 is 4.39 Å². The van der Waals surface area contributed by atoms with E-state index in [0.29, 0.717) is 12.2 Å². The van der Waals surface area contributed by atoms with Crippen molar-refractivity contribution in [3.05, 3.63) is 63.9 Å². The van der Waals surface area contributed by atoms with Crippen LogP contribution >= 0.6 is 15.9 Å². The van der Waals surface area contributed by atoms with Gasteiger partial charge in [0.05, 0.1) is 5.69 Å². The standard InChI is InChI=1S/C14H13BrFN/c1-10-4-2-3-5-11(10)9-17-14-7-6-12(15)8-13(14)16/h2-8,17H,9H2,1H3. The van der Waals surface area contributed by atoms with Gasteiger partial charge in [-0.05, 0) is 36.2 Å². The lowest BCUT2D eigenvalue weighted by Gasteiger charge is -2.09. The number of hydrogen-bond acceptors (Lipinski definition) is 1. The second-order valence-electron chi connectivity index (χ2n) is 3.90. The maximum absolute atomic E-state index is 13.6. The maximum atomic E-state index is 13.6. The molecular weight excluding hydrogens is 281 g/mol. The predicted octanol–water partition coefficient (Wildman–Crippen LogP) is 4.51. The number of hydrogen-bond donors (Lipinski definition) is 1. The van der Waals surface area contributed by atoms with Gasteiger partial charge in [-0.25, -0.2) is 4.39 Å². The Morgan fingerprint density at radius 3 is 2.65 bits per heavy atom. The summed E-state index contributed by atoms with van der Waals surface area (Å²) in [6, 6.07) is 13.1. The largest absolute Gasteiger partial charge is 0.379 e. The summed E-state index contributed by atoms with van der Waals surface area (Å²) >= 11 is 3.24. The van der Waals surface area contributed by atoms with Crippen LogP contribution in [0.5, 0.6) is 0 Å². The molecule has 1 nitrogen and oxygen atoms in total. The molecule has 0 aliphatic carbocycles. The molecule has 2 aromatic carbocycles. The minimum atomic E-state index is -0.243. The summed E-state index contributed by atoms with van der Waals surface area (Å²) in [7, 11) is 0. The van der Waals surface area contributed by atoms with Crippen molar-refractivity contribution in [3.8, 4) is 0 Å². The summed E-state index contributed by atoms with van der Waals surface area (Å²) in [6.07, 6.45) is 0. The molecule has 0 saturated carbocycles. The molecule has 0 amide bonds. The van der Waals surface area contributed by atoms with Gasteiger partial charge in [0.25, 0.3) is 0 Å². The van der Waals surface area contributed by atoms with E-state index in [1.165, 1.54) is 17.2 Å². The number of benzene rings is 2. The highest BCUT2D eigenvalue weighted by molar-refractivity contribution is 9.10. The fourth-order valence-corrected chi connectivity index (χ4v) is 1.96. The van der Waals surface area contributed by atoms with Gasteiger partial charge in [0.2, 0.25) is 0 Å². The van der Waals surface area contributed by atoms with Gasteiger partial charge < -0.3 is 5.32 Å². The Morgan fingerprint density at radius 1 is 1.18 bits per heavy atom. The Balaban J connectivity index is 2.10. The van der Waals surface area contributed by atoms with Gasteiger partial charge in [0.1, 0.15) is 5.82 Å². The van der Waals surface area contributed by atoms with E-state index in [2.05, 4.69) is 34.2 Å². The van der Waals surface area contributed by atoms with Crippen molar-refractivity contribution in [2.24, 2.45) is 0 Å². The molecule has 0 heterocycles. The van der Waals surface area contributed by atoms with Crippen LogP contribution in [0.1, 0.15) is 11.1 Å². The molecule has 0 atom stereocenters. The SMILES string of the molecule is Cc1ccccc1CNc1ccc(Br)cc1F. The van der Waals surface area contributed by atoms with Gasteiger partial charge in [-0.3, -0.25) is 0 Å². The van der Waals surface area contributed by atoms with Crippen LogP contribution < -0.4 is 5.32 Å². The molecule has 0 aromatic heterocycles. The van der Waals surface area contributed by atoms with E-state index >= 15 is 0 Å². The first-order chi connectivity index (χ1) is 8.16. The lowest BCUT2D eigenvalue weighted by molar-refractivity contribution is 0.629. The van der Waals surface area contributed by atoms with E-state index in [-0.39, 0.29) is 5.82 Å². The van der Waals surface area contributed by atoms with Crippen LogP contribution in [-0.2, 0) is 6.54 Å². The summed E-state index contributed by atoms with van der Waals surface area (Å²) in [5.74, 6) is -0.243. The first-order valence-electron chi connectivity index (χ1n) is 5.40. The predicted molar refractivity (Wildman–Crippen MR) is 72.6 cm³/mol. The molecule has 17 heavy (non-hydrogen) atoms. The molecule has 0 spiro atoms. The van der Waals surface area contributed by atoms with Crippen molar-refractivity contribution in [1.29, 1.82) is 0 Å². The highest BCUT2D eigenvalue weighted by Gasteiger charge is 2.03. The average Bonchev–Trinajstić information content (AvgIpc) is 2.30.